The lowest BCUT2D eigenvalue weighted by Crippen LogP contribution is -2.36. The van der Waals surface area contributed by atoms with E-state index in [1.54, 1.807) is 28.0 Å². The number of nitrogens with zero attached hydrogens (tertiary/aromatic N) is 3. The Balaban J connectivity index is 1.91. The van der Waals surface area contributed by atoms with Crippen molar-refractivity contribution in [2.45, 2.75) is 13.0 Å². The Bertz CT molecular complexity index is 374. The summed E-state index contributed by atoms with van der Waals surface area (Å²) in [6.07, 6.45) is 3.77. The van der Waals surface area contributed by atoms with Crippen molar-refractivity contribution in [2.24, 2.45) is 0 Å². The zero-order chi connectivity index (χ0) is 11.4. The molecule has 2 amide bonds. The van der Waals surface area contributed by atoms with E-state index in [1.165, 1.54) is 0 Å². The molecule has 1 N–H and O–H groups in total. The van der Waals surface area contributed by atoms with Crippen LogP contribution in [0.15, 0.2) is 18.5 Å². The van der Waals surface area contributed by atoms with E-state index in [0.29, 0.717) is 26.1 Å². The molecule has 1 fully saturated rings. The van der Waals surface area contributed by atoms with Gasteiger partial charge in [-0.2, -0.15) is 5.10 Å². The largest absolute Gasteiger partial charge is 0.354 e. The quantitative estimate of drug-likeness (QED) is 0.714. The third kappa shape index (κ3) is 2.59. The number of nitrogens with one attached hydrogen (secondary N) is 1. The minimum absolute atomic E-state index is 0.000185. The molecule has 1 aliphatic rings. The molecule has 0 bridgehead atoms. The first-order chi connectivity index (χ1) is 7.75. The molecule has 86 valence electrons. The van der Waals surface area contributed by atoms with Gasteiger partial charge in [-0.25, -0.2) is 0 Å². The van der Waals surface area contributed by atoms with Crippen LogP contribution in [0.1, 0.15) is 6.42 Å². The highest BCUT2D eigenvalue weighted by Crippen LogP contribution is 1.99. The van der Waals surface area contributed by atoms with E-state index >= 15 is 0 Å². The summed E-state index contributed by atoms with van der Waals surface area (Å²) in [5.41, 5.74) is 0. The molecule has 1 saturated heterocycles. The fourth-order valence-corrected chi connectivity index (χ4v) is 1.65. The maximum Gasteiger partial charge on any atom is 0.244 e. The van der Waals surface area contributed by atoms with E-state index in [4.69, 9.17) is 0 Å². The van der Waals surface area contributed by atoms with Crippen molar-refractivity contribution in [3.8, 4) is 0 Å². The topological polar surface area (TPSA) is 67.2 Å². The van der Waals surface area contributed by atoms with Crippen LogP contribution < -0.4 is 5.32 Å². The highest BCUT2D eigenvalue weighted by molar-refractivity contribution is 5.79. The number of carbonyl (C=O) groups excluding carboxylic acids is 2. The SMILES string of the molecule is O=C1CCN(C(=O)Cn2cccn2)CCN1. The van der Waals surface area contributed by atoms with Crippen LogP contribution in [0.3, 0.4) is 0 Å². The van der Waals surface area contributed by atoms with Crippen LogP contribution in [0.2, 0.25) is 0 Å². The monoisotopic (exact) mass is 222 g/mol. The molecule has 0 spiro atoms. The lowest BCUT2D eigenvalue weighted by Gasteiger charge is -2.19. The van der Waals surface area contributed by atoms with E-state index < -0.39 is 0 Å². The predicted molar refractivity (Wildman–Crippen MR) is 56.4 cm³/mol. The molecule has 2 rings (SSSR count). The molecule has 0 atom stereocenters. The van der Waals surface area contributed by atoms with Gasteiger partial charge in [0.05, 0.1) is 0 Å². The third-order valence-electron chi connectivity index (χ3n) is 2.52. The van der Waals surface area contributed by atoms with Gasteiger partial charge < -0.3 is 10.2 Å². The van der Waals surface area contributed by atoms with Crippen molar-refractivity contribution in [1.82, 2.24) is 20.0 Å². The van der Waals surface area contributed by atoms with Gasteiger partial charge in [-0.15, -0.1) is 0 Å². The molecular weight excluding hydrogens is 208 g/mol. The van der Waals surface area contributed by atoms with Crippen molar-refractivity contribution < 1.29 is 9.59 Å². The van der Waals surface area contributed by atoms with Gasteiger partial charge in [0.1, 0.15) is 6.54 Å². The Morgan fingerprint density at radius 1 is 1.50 bits per heavy atom. The minimum atomic E-state index is 0.000185. The van der Waals surface area contributed by atoms with Gasteiger partial charge in [-0.1, -0.05) is 0 Å². The van der Waals surface area contributed by atoms with E-state index in [0.717, 1.165) is 0 Å². The van der Waals surface area contributed by atoms with E-state index in [9.17, 15) is 9.59 Å². The molecule has 0 aliphatic carbocycles. The minimum Gasteiger partial charge on any atom is -0.354 e. The van der Waals surface area contributed by atoms with E-state index in [1.807, 2.05) is 0 Å². The number of hydrogen-bond acceptors (Lipinski definition) is 3. The molecule has 0 saturated carbocycles. The van der Waals surface area contributed by atoms with Crippen LogP contribution >= 0.6 is 0 Å². The number of carbonyl (C=O) groups is 2. The van der Waals surface area contributed by atoms with Gasteiger partial charge in [0.2, 0.25) is 11.8 Å². The van der Waals surface area contributed by atoms with Gasteiger partial charge in [0, 0.05) is 38.4 Å². The normalized spacial score (nSPS) is 16.8. The predicted octanol–water partition coefficient (Wildman–Crippen LogP) is -0.768. The zero-order valence-corrected chi connectivity index (χ0v) is 8.93. The molecule has 16 heavy (non-hydrogen) atoms. The Kier molecular flexibility index (Phi) is 3.19. The van der Waals surface area contributed by atoms with Crippen molar-refractivity contribution in [1.29, 1.82) is 0 Å². The second-order valence-corrected chi connectivity index (χ2v) is 3.68. The number of aromatic nitrogens is 2. The smallest absolute Gasteiger partial charge is 0.244 e. The summed E-state index contributed by atoms with van der Waals surface area (Å²) in [6.45, 7) is 1.84. The lowest BCUT2D eigenvalue weighted by atomic mass is 10.3. The van der Waals surface area contributed by atoms with E-state index in [2.05, 4.69) is 10.4 Å². The standard InChI is InChI=1S/C10H14N4O2/c15-9-2-6-13(7-4-11-9)10(16)8-14-5-1-3-12-14/h1,3,5H,2,4,6-8H2,(H,11,15). The molecule has 1 aromatic rings. The molecular formula is C10H14N4O2. The van der Waals surface area contributed by atoms with Crippen molar-refractivity contribution >= 4 is 11.8 Å². The van der Waals surface area contributed by atoms with Crippen LogP contribution in [0.4, 0.5) is 0 Å². The zero-order valence-electron chi connectivity index (χ0n) is 8.93. The Labute approximate surface area is 93.2 Å². The van der Waals surface area contributed by atoms with Crippen LogP contribution in [-0.2, 0) is 16.1 Å². The summed E-state index contributed by atoms with van der Waals surface area (Å²) in [5.74, 6) is 0.00888. The first-order valence-corrected chi connectivity index (χ1v) is 5.27. The van der Waals surface area contributed by atoms with Gasteiger partial charge in [0.25, 0.3) is 0 Å². The van der Waals surface area contributed by atoms with Crippen LogP contribution in [-0.4, -0.2) is 46.1 Å². The molecule has 1 aliphatic heterocycles. The number of hydrogen-bond donors (Lipinski definition) is 1. The Morgan fingerprint density at radius 2 is 2.38 bits per heavy atom. The molecule has 6 heteroatoms. The summed E-state index contributed by atoms with van der Waals surface area (Å²) in [6, 6.07) is 1.78. The summed E-state index contributed by atoms with van der Waals surface area (Å²) < 4.78 is 1.59. The van der Waals surface area contributed by atoms with Gasteiger partial charge in [-0.3, -0.25) is 14.3 Å². The average molecular weight is 222 g/mol. The summed E-state index contributed by atoms with van der Waals surface area (Å²) >= 11 is 0. The molecule has 0 unspecified atom stereocenters. The van der Waals surface area contributed by atoms with Crippen molar-refractivity contribution in [2.75, 3.05) is 19.6 Å². The maximum absolute atomic E-state index is 11.9. The summed E-state index contributed by atoms with van der Waals surface area (Å²) in [7, 11) is 0. The molecule has 1 aromatic heterocycles. The molecule has 6 nitrogen and oxygen atoms in total. The molecule has 2 heterocycles. The summed E-state index contributed by atoms with van der Waals surface area (Å²) in [4.78, 5) is 24.6. The van der Waals surface area contributed by atoms with Crippen LogP contribution in [0.25, 0.3) is 0 Å². The fourth-order valence-electron chi connectivity index (χ4n) is 1.65. The third-order valence-corrected chi connectivity index (χ3v) is 2.52. The van der Waals surface area contributed by atoms with Gasteiger partial charge in [0.15, 0.2) is 0 Å². The second-order valence-electron chi connectivity index (χ2n) is 3.68. The van der Waals surface area contributed by atoms with Gasteiger partial charge >= 0.3 is 0 Å². The first kappa shape index (κ1) is 10.7. The van der Waals surface area contributed by atoms with Crippen molar-refractivity contribution in [3.63, 3.8) is 0 Å². The fraction of sp³-hybridized carbons (Fsp3) is 0.500. The first-order valence-electron chi connectivity index (χ1n) is 5.27. The van der Waals surface area contributed by atoms with E-state index in [-0.39, 0.29) is 18.4 Å². The lowest BCUT2D eigenvalue weighted by molar-refractivity contribution is -0.131. The average Bonchev–Trinajstić information content (AvgIpc) is 2.66. The highest BCUT2D eigenvalue weighted by Gasteiger charge is 2.18. The van der Waals surface area contributed by atoms with Gasteiger partial charge in [-0.05, 0) is 6.07 Å². The number of rotatable bonds is 2. The van der Waals surface area contributed by atoms with Crippen LogP contribution in [0, 0.1) is 0 Å². The second kappa shape index (κ2) is 4.78. The number of amides is 2. The maximum atomic E-state index is 11.9. The highest BCUT2D eigenvalue weighted by atomic mass is 16.2. The Morgan fingerprint density at radius 3 is 3.12 bits per heavy atom. The summed E-state index contributed by atoms with van der Waals surface area (Å²) in [5, 5.41) is 6.71. The molecule has 0 radical (unpaired) electrons. The Hall–Kier alpha value is -1.85. The molecule has 0 aromatic carbocycles. The van der Waals surface area contributed by atoms with Crippen LogP contribution in [0.5, 0.6) is 0 Å². The van der Waals surface area contributed by atoms with Crippen molar-refractivity contribution in [3.05, 3.63) is 18.5 Å².